The third kappa shape index (κ3) is 2.60. The van der Waals surface area contributed by atoms with Crippen molar-refractivity contribution in [3.05, 3.63) is 57.7 Å². The van der Waals surface area contributed by atoms with Crippen LogP contribution in [0, 0.1) is 11.3 Å². The molecule has 3 aromatic rings. The molecule has 0 amide bonds. The van der Waals surface area contributed by atoms with Crippen molar-refractivity contribution < 1.29 is 0 Å². The molecular weight excluding hydrogens is 352 g/mol. The Bertz CT molecular complexity index is 922. The van der Waals surface area contributed by atoms with Gasteiger partial charge in [0.25, 0.3) is 0 Å². The van der Waals surface area contributed by atoms with E-state index in [0.29, 0.717) is 0 Å². The summed E-state index contributed by atoms with van der Waals surface area (Å²) < 4.78 is 0.895. The van der Waals surface area contributed by atoms with Crippen molar-refractivity contribution in [3.63, 3.8) is 0 Å². The highest BCUT2D eigenvalue weighted by Gasteiger charge is 2.20. The third-order valence-electron chi connectivity index (χ3n) is 4.44. The number of nitriles is 1. The van der Waals surface area contributed by atoms with Crippen LogP contribution in [0.2, 0.25) is 0 Å². The Balaban J connectivity index is 1.69. The molecular formula is C18H15BrN4. The summed E-state index contributed by atoms with van der Waals surface area (Å²) in [6, 6.07) is 14.7. The Hall–Kier alpha value is -2.32. The first kappa shape index (κ1) is 14.3. The van der Waals surface area contributed by atoms with E-state index in [-0.39, 0.29) is 6.04 Å². The lowest BCUT2D eigenvalue weighted by Gasteiger charge is -2.27. The Morgan fingerprint density at radius 2 is 2.17 bits per heavy atom. The smallest absolute Gasteiger partial charge is 0.108 e. The van der Waals surface area contributed by atoms with Crippen LogP contribution in [0.4, 0.5) is 5.69 Å². The minimum absolute atomic E-state index is 0.246. The molecule has 5 heteroatoms. The quantitative estimate of drug-likeness (QED) is 0.691. The second kappa shape index (κ2) is 5.71. The molecule has 0 fully saturated rings. The van der Waals surface area contributed by atoms with Crippen molar-refractivity contribution in [3.8, 4) is 6.07 Å². The lowest BCUT2D eigenvalue weighted by atomic mass is 9.86. The Labute approximate surface area is 142 Å². The highest BCUT2D eigenvalue weighted by molar-refractivity contribution is 9.10. The summed E-state index contributed by atoms with van der Waals surface area (Å²) in [5.74, 6) is 0. The van der Waals surface area contributed by atoms with Gasteiger partial charge in [0.05, 0.1) is 23.2 Å². The number of hydrogen-bond donors (Lipinski definition) is 2. The fourth-order valence-electron chi connectivity index (χ4n) is 3.29. The van der Waals surface area contributed by atoms with E-state index in [1.807, 2.05) is 18.2 Å². The van der Waals surface area contributed by atoms with Gasteiger partial charge < -0.3 is 5.32 Å². The first-order chi connectivity index (χ1) is 11.2. The average Bonchev–Trinajstić information content (AvgIpc) is 2.96. The van der Waals surface area contributed by atoms with Crippen LogP contribution < -0.4 is 5.32 Å². The van der Waals surface area contributed by atoms with Crippen LogP contribution in [0.5, 0.6) is 0 Å². The highest BCUT2D eigenvalue weighted by Crippen LogP contribution is 2.34. The van der Waals surface area contributed by atoms with E-state index in [2.05, 4.69) is 55.7 Å². The molecule has 114 valence electrons. The van der Waals surface area contributed by atoms with Crippen molar-refractivity contribution >= 4 is 32.5 Å². The predicted molar refractivity (Wildman–Crippen MR) is 94.3 cm³/mol. The third-order valence-corrected chi connectivity index (χ3v) is 5.04. The second-order valence-electron chi connectivity index (χ2n) is 5.88. The number of nitrogens with one attached hydrogen (secondary N) is 2. The van der Waals surface area contributed by atoms with Crippen molar-refractivity contribution in [2.24, 2.45) is 0 Å². The molecule has 2 aromatic carbocycles. The van der Waals surface area contributed by atoms with Gasteiger partial charge in [-0.15, -0.1) is 0 Å². The number of fused-ring (bicyclic) bond motifs is 2. The Morgan fingerprint density at radius 3 is 3.04 bits per heavy atom. The molecule has 1 aromatic heterocycles. The molecule has 0 radical (unpaired) electrons. The molecule has 4 rings (SSSR count). The van der Waals surface area contributed by atoms with E-state index >= 15 is 0 Å². The van der Waals surface area contributed by atoms with Crippen molar-refractivity contribution in [2.75, 3.05) is 5.32 Å². The molecule has 0 saturated heterocycles. The van der Waals surface area contributed by atoms with Gasteiger partial charge in [0.1, 0.15) is 4.60 Å². The van der Waals surface area contributed by atoms with Crippen LogP contribution in [0.1, 0.15) is 35.6 Å². The van der Waals surface area contributed by atoms with Gasteiger partial charge >= 0.3 is 0 Å². The number of nitrogens with zero attached hydrogens (tertiary/aromatic N) is 2. The van der Waals surface area contributed by atoms with Crippen LogP contribution in [-0.2, 0) is 6.42 Å². The van der Waals surface area contributed by atoms with E-state index in [4.69, 9.17) is 5.26 Å². The van der Waals surface area contributed by atoms with E-state index in [1.54, 1.807) is 0 Å². The second-order valence-corrected chi connectivity index (χ2v) is 6.68. The molecule has 4 nitrogen and oxygen atoms in total. The normalized spacial score (nSPS) is 16.8. The van der Waals surface area contributed by atoms with Crippen LogP contribution in [0.3, 0.4) is 0 Å². The SMILES string of the molecule is N#Cc1ccc2c(c1)[C@@H](Nc1ccc3n[nH]c(Br)c3c1)CCC2. The van der Waals surface area contributed by atoms with Crippen molar-refractivity contribution in [2.45, 2.75) is 25.3 Å². The first-order valence-corrected chi connectivity index (χ1v) is 8.47. The molecule has 1 atom stereocenters. The molecule has 1 aliphatic carbocycles. The fraction of sp³-hybridized carbons (Fsp3) is 0.222. The number of rotatable bonds is 2. The van der Waals surface area contributed by atoms with Gasteiger partial charge in [0, 0.05) is 11.1 Å². The van der Waals surface area contributed by atoms with E-state index in [9.17, 15) is 0 Å². The van der Waals surface area contributed by atoms with Crippen LogP contribution in [0.15, 0.2) is 41.0 Å². The van der Waals surface area contributed by atoms with Crippen LogP contribution in [-0.4, -0.2) is 10.2 Å². The van der Waals surface area contributed by atoms with Crippen LogP contribution in [0.25, 0.3) is 10.9 Å². The van der Waals surface area contributed by atoms with Gasteiger partial charge in [0.15, 0.2) is 0 Å². The average molecular weight is 367 g/mol. The van der Waals surface area contributed by atoms with Gasteiger partial charge in [0.2, 0.25) is 0 Å². The molecule has 1 aliphatic rings. The summed E-state index contributed by atoms with van der Waals surface area (Å²) in [5.41, 5.74) is 5.34. The maximum Gasteiger partial charge on any atom is 0.108 e. The molecule has 1 heterocycles. The maximum atomic E-state index is 9.15. The first-order valence-electron chi connectivity index (χ1n) is 7.68. The fourth-order valence-corrected chi connectivity index (χ4v) is 3.69. The largest absolute Gasteiger partial charge is 0.378 e. The summed E-state index contributed by atoms with van der Waals surface area (Å²) in [6.07, 6.45) is 3.33. The van der Waals surface area contributed by atoms with Gasteiger partial charge in [-0.2, -0.15) is 10.4 Å². The summed E-state index contributed by atoms with van der Waals surface area (Å²) in [7, 11) is 0. The van der Waals surface area contributed by atoms with E-state index in [1.165, 1.54) is 11.1 Å². The van der Waals surface area contributed by atoms with Gasteiger partial charge in [-0.25, -0.2) is 0 Å². The zero-order chi connectivity index (χ0) is 15.8. The van der Waals surface area contributed by atoms with Crippen molar-refractivity contribution in [1.29, 1.82) is 5.26 Å². The molecule has 23 heavy (non-hydrogen) atoms. The van der Waals surface area contributed by atoms with Gasteiger partial charge in [-0.05, 0) is 76.7 Å². The summed E-state index contributed by atoms with van der Waals surface area (Å²) >= 11 is 3.49. The molecule has 0 spiro atoms. The number of hydrogen-bond acceptors (Lipinski definition) is 3. The van der Waals surface area contributed by atoms with Gasteiger partial charge in [-0.1, -0.05) is 6.07 Å². The van der Waals surface area contributed by atoms with E-state index in [0.717, 1.165) is 46.0 Å². The predicted octanol–water partition coefficient (Wildman–Crippen LogP) is 4.69. The zero-order valence-corrected chi connectivity index (χ0v) is 14.0. The summed E-state index contributed by atoms with van der Waals surface area (Å²) in [6.45, 7) is 0. The number of aromatic nitrogens is 2. The molecule has 0 saturated carbocycles. The highest BCUT2D eigenvalue weighted by atomic mass is 79.9. The van der Waals surface area contributed by atoms with E-state index < -0.39 is 0 Å². The van der Waals surface area contributed by atoms with Gasteiger partial charge in [-0.3, -0.25) is 5.10 Å². The minimum Gasteiger partial charge on any atom is -0.378 e. The standard InChI is InChI=1S/C18H15BrN4/c19-18-15-9-13(6-7-17(15)22-23-18)21-16-3-1-2-12-5-4-11(10-20)8-14(12)16/h4-9,16,21H,1-3H2,(H,22,23)/t16-/m0/s1. The molecule has 0 aliphatic heterocycles. The Morgan fingerprint density at radius 1 is 1.26 bits per heavy atom. The summed E-state index contributed by atoms with van der Waals surface area (Å²) in [5, 5.41) is 21.0. The number of halogens is 1. The van der Waals surface area contributed by atoms with Crippen LogP contribution >= 0.6 is 15.9 Å². The zero-order valence-electron chi connectivity index (χ0n) is 12.4. The Kier molecular flexibility index (Phi) is 3.55. The number of H-pyrrole nitrogens is 1. The van der Waals surface area contributed by atoms with Crippen molar-refractivity contribution in [1.82, 2.24) is 10.2 Å². The lowest BCUT2D eigenvalue weighted by Crippen LogP contribution is -2.17. The summed E-state index contributed by atoms with van der Waals surface area (Å²) in [4.78, 5) is 0. The number of aryl methyl sites for hydroxylation is 1. The minimum atomic E-state index is 0.246. The molecule has 2 N–H and O–H groups in total. The maximum absolute atomic E-state index is 9.15. The number of benzene rings is 2. The number of anilines is 1. The number of aromatic amines is 1. The topological polar surface area (TPSA) is 64.5 Å². The molecule has 0 unspecified atom stereocenters. The lowest BCUT2D eigenvalue weighted by molar-refractivity contribution is 0.600. The monoisotopic (exact) mass is 366 g/mol. The molecule has 0 bridgehead atoms.